The Morgan fingerprint density at radius 2 is 2.29 bits per heavy atom. The third-order valence-electron chi connectivity index (χ3n) is 3.04. The summed E-state index contributed by atoms with van der Waals surface area (Å²) in [6.07, 6.45) is 1.16. The van der Waals surface area contributed by atoms with E-state index in [2.05, 4.69) is 11.9 Å². The summed E-state index contributed by atoms with van der Waals surface area (Å²) >= 11 is 1.08. The van der Waals surface area contributed by atoms with E-state index < -0.39 is 5.97 Å². The second kappa shape index (κ2) is 4.44. The molecule has 1 amide bonds. The van der Waals surface area contributed by atoms with Gasteiger partial charge < -0.3 is 10.0 Å². The molecule has 2 unspecified atom stereocenters. The summed E-state index contributed by atoms with van der Waals surface area (Å²) in [4.78, 5) is 28.0. The number of hydrogen-bond acceptors (Lipinski definition) is 4. The number of rotatable bonds is 4. The molecule has 0 bridgehead atoms. The van der Waals surface area contributed by atoms with Gasteiger partial charge >= 0.3 is 5.97 Å². The first-order chi connectivity index (χ1) is 7.99. The Hall–Kier alpha value is -1.43. The first kappa shape index (κ1) is 12.0. The van der Waals surface area contributed by atoms with Crippen molar-refractivity contribution in [3.8, 4) is 0 Å². The number of carbonyl (C=O) groups excluding carboxylic acids is 1. The van der Waals surface area contributed by atoms with E-state index in [1.54, 1.807) is 11.9 Å². The molecule has 0 spiro atoms. The highest BCUT2D eigenvalue weighted by Gasteiger charge is 2.34. The lowest BCUT2D eigenvalue weighted by molar-refractivity contribution is 0.0691. The summed E-state index contributed by atoms with van der Waals surface area (Å²) in [5.41, 5.74) is -0.0634. The van der Waals surface area contributed by atoms with Crippen molar-refractivity contribution in [1.82, 2.24) is 9.88 Å². The Morgan fingerprint density at radius 3 is 2.76 bits per heavy atom. The van der Waals surface area contributed by atoms with Crippen LogP contribution in [0.3, 0.4) is 0 Å². The lowest BCUT2D eigenvalue weighted by Crippen LogP contribution is -2.29. The Labute approximate surface area is 103 Å². The lowest BCUT2D eigenvalue weighted by Gasteiger charge is -2.15. The monoisotopic (exact) mass is 254 g/mol. The topological polar surface area (TPSA) is 70.5 Å². The van der Waals surface area contributed by atoms with Crippen molar-refractivity contribution in [3.63, 3.8) is 0 Å². The number of aromatic nitrogens is 1. The zero-order valence-corrected chi connectivity index (χ0v) is 10.5. The van der Waals surface area contributed by atoms with Crippen molar-refractivity contribution in [2.75, 3.05) is 13.6 Å². The molecule has 2 rings (SSSR count). The SMILES string of the molecule is CC1CC1CN(C)C(=O)c1nc(C(=O)O)cs1. The molecule has 1 aromatic rings. The van der Waals surface area contributed by atoms with Crippen molar-refractivity contribution in [2.24, 2.45) is 11.8 Å². The molecule has 1 aliphatic carbocycles. The van der Waals surface area contributed by atoms with Gasteiger partial charge in [0, 0.05) is 19.0 Å². The fourth-order valence-electron chi connectivity index (χ4n) is 1.72. The van der Waals surface area contributed by atoms with Gasteiger partial charge in [0.25, 0.3) is 5.91 Å². The molecule has 5 nitrogen and oxygen atoms in total. The van der Waals surface area contributed by atoms with Crippen molar-refractivity contribution >= 4 is 23.2 Å². The maximum absolute atomic E-state index is 11.9. The van der Waals surface area contributed by atoms with Crippen LogP contribution >= 0.6 is 11.3 Å². The quantitative estimate of drug-likeness (QED) is 0.885. The van der Waals surface area contributed by atoms with E-state index >= 15 is 0 Å². The van der Waals surface area contributed by atoms with Crippen LogP contribution in [0.15, 0.2) is 5.38 Å². The smallest absolute Gasteiger partial charge is 0.355 e. The normalized spacial score (nSPS) is 22.2. The lowest BCUT2D eigenvalue weighted by atomic mass is 10.3. The summed E-state index contributed by atoms with van der Waals surface area (Å²) in [5, 5.41) is 10.4. The predicted molar refractivity (Wildman–Crippen MR) is 63.3 cm³/mol. The van der Waals surface area contributed by atoms with Crippen molar-refractivity contribution in [1.29, 1.82) is 0 Å². The molecule has 1 N–H and O–H groups in total. The molecule has 0 aliphatic heterocycles. The highest BCUT2D eigenvalue weighted by molar-refractivity contribution is 7.11. The summed E-state index contributed by atoms with van der Waals surface area (Å²) in [5.74, 6) is -0.0145. The molecule has 6 heteroatoms. The number of thiazole rings is 1. The highest BCUT2D eigenvalue weighted by Crippen LogP contribution is 2.38. The average Bonchev–Trinajstić information content (AvgIpc) is 2.82. The van der Waals surface area contributed by atoms with Crippen LogP contribution in [0.1, 0.15) is 33.6 Å². The van der Waals surface area contributed by atoms with Gasteiger partial charge in [-0.05, 0) is 18.3 Å². The summed E-state index contributed by atoms with van der Waals surface area (Å²) in [6.45, 7) is 2.89. The van der Waals surface area contributed by atoms with Gasteiger partial charge in [0.05, 0.1) is 0 Å². The number of carbonyl (C=O) groups is 2. The molecule has 1 aliphatic rings. The molecular weight excluding hydrogens is 240 g/mol. The molecule has 17 heavy (non-hydrogen) atoms. The van der Waals surface area contributed by atoms with Gasteiger partial charge in [0.2, 0.25) is 0 Å². The molecule has 1 fully saturated rings. The van der Waals surface area contributed by atoms with Crippen LogP contribution < -0.4 is 0 Å². The molecule has 0 radical (unpaired) electrons. The van der Waals surface area contributed by atoms with E-state index in [0.717, 1.165) is 24.3 Å². The van der Waals surface area contributed by atoms with Crippen LogP contribution in [0.4, 0.5) is 0 Å². The standard InChI is InChI=1S/C11H14N2O3S/c1-6-3-7(6)4-13(2)10(14)9-12-8(5-17-9)11(15)16/h5-7H,3-4H2,1-2H3,(H,15,16). The zero-order chi connectivity index (χ0) is 12.6. The fraction of sp³-hybridized carbons (Fsp3) is 0.545. The Balaban J connectivity index is 2.00. The number of carboxylic acids is 1. The number of carboxylic acid groups (broad SMARTS) is 1. The van der Waals surface area contributed by atoms with Crippen LogP contribution in [-0.4, -0.2) is 40.5 Å². The van der Waals surface area contributed by atoms with E-state index in [4.69, 9.17) is 5.11 Å². The van der Waals surface area contributed by atoms with Gasteiger partial charge in [-0.2, -0.15) is 0 Å². The fourth-order valence-corrected chi connectivity index (χ4v) is 2.51. The number of aromatic carboxylic acids is 1. The summed E-state index contributed by atoms with van der Waals surface area (Å²) < 4.78 is 0. The number of nitrogens with zero attached hydrogens (tertiary/aromatic N) is 2. The first-order valence-electron chi connectivity index (χ1n) is 5.43. The zero-order valence-electron chi connectivity index (χ0n) is 9.71. The number of hydrogen-bond donors (Lipinski definition) is 1. The summed E-state index contributed by atoms with van der Waals surface area (Å²) in [7, 11) is 1.73. The van der Waals surface area contributed by atoms with Crippen LogP contribution in [0, 0.1) is 11.8 Å². The first-order valence-corrected chi connectivity index (χ1v) is 6.31. The van der Waals surface area contributed by atoms with Gasteiger partial charge in [0.15, 0.2) is 10.7 Å². The average molecular weight is 254 g/mol. The third kappa shape index (κ3) is 2.63. The Bertz CT molecular complexity index is 457. The summed E-state index contributed by atoms with van der Waals surface area (Å²) in [6, 6.07) is 0. The van der Waals surface area contributed by atoms with Gasteiger partial charge in [-0.3, -0.25) is 4.79 Å². The van der Waals surface area contributed by atoms with Gasteiger partial charge in [-0.1, -0.05) is 6.92 Å². The third-order valence-corrected chi connectivity index (χ3v) is 3.87. The van der Waals surface area contributed by atoms with E-state index in [9.17, 15) is 9.59 Å². The maximum Gasteiger partial charge on any atom is 0.355 e. The molecule has 92 valence electrons. The minimum atomic E-state index is -1.10. The second-order valence-electron chi connectivity index (χ2n) is 4.50. The minimum Gasteiger partial charge on any atom is -0.476 e. The molecule has 1 saturated carbocycles. The van der Waals surface area contributed by atoms with E-state index in [1.807, 2.05) is 0 Å². The van der Waals surface area contributed by atoms with Crippen LogP contribution in [0.5, 0.6) is 0 Å². The second-order valence-corrected chi connectivity index (χ2v) is 5.36. The van der Waals surface area contributed by atoms with Gasteiger partial charge in [0.1, 0.15) is 0 Å². The largest absolute Gasteiger partial charge is 0.476 e. The Morgan fingerprint density at radius 1 is 1.65 bits per heavy atom. The molecular formula is C11H14N2O3S. The number of amides is 1. The molecule has 0 aromatic carbocycles. The van der Waals surface area contributed by atoms with Gasteiger partial charge in [-0.15, -0.1) is 11.3 Å². The maximum atomic E-state index is 11.9. The molecule has 1 heterocycles. The molecule has 2 atom stereocenters. The van der Waals surface area contributed by atoms with Crippen molar-refractivity contribution in [3.05, 3.63) is 16.1 Å². The highest BCUT2D eigenvalue weighted by atomic mass is 32.1. The minimum absolute atomic E-state index is 0.0634. The van der Waals surface area contributed by atoms with E-state index in [0.29, 0.717) is 11.8 Å². The molecule has 1 aromatic heterocycles. The Kier molecular flexibility index (Phi) is 3.15. The predicted octanol–water partition coefficient (Wildman–Crippen LogP) is 1.57. The van der Waals surface area contributed by atoms with E-state index in [1.165, 1.54) is 5.38 Å². The van der Waals surface area contributed by atoms with Crippen LogP contribution in [0.2, 0.25) is 0 Å². The van der Waals surface area contributed by atoms with Crippen molar-refractivity contribution in [2.45, 2.75) is 13.3 Å². The van der Waals surface area contributed by atoms with E-state index in [-0.39, 0.29) is 16.6 Å². The van der Waals surface area contributed by atoms with Gasteiger partial charge in [-0.25, -0.2) is 9.78 Å². The van der Waals surface area contributed by atoms with Crippen LogP contribution in [0.25, 0.3) is 0 Å². The molecule has 0 saturated heterocycles. The van der Waals surface area contributed by atoms with Crippen LogP contribution in [-0.2, 0) is 0 Å². The van der Waals surface area contributed by atoms with Crippen molar-refractivity contribution < 1.29 is 14.7 Å².